The van der Waals surface area contributed by atoms with Crippen LogP contribution in [0.5, 0.6) is 0 Å². The van der Waals surface area contributed by atoms with Crippen molar-refractivity contribution in [2.24, 2.45) is 5.92 Å². The number of benzene rings is 2. The summed E-state index contributed by atoms with van der Waals surface area (Å²) in [5.41, 5.74) is 4.34. The number of carboxylic acid groups (broad SMARTS) is 1. The highest BCUT2D eigenvalue weighted by Gasteiger charge is 2.23. The van der Waals surface area contributed by atoms with Gasteiger partial charge in [0, 0.05) is 24.8 Å². The molecule has 1 fully saturated rings. The lowest BCUT2D eigenvalue weighted by Gasteiger charge is -2.27. The molecule has 0 aromatic heterocycles. The molecule has 2 aromatic carbocycles. The van der Waals surface area contributed by atoms with E-state index in [1.165, 1.54) is 32.1 Å². The van der Waals surface area contributed by atoms with Crippen molar-refractivity contribution in [1.82, 2.24) is 10.6 Å². The Balaban J connectivity index is 1.82. The SMILES string of the molecule is CSCC[C@H](NC(=O)c1ccc(CN[C@H](CCO)CC2CCCCC2)cc1-c1ccccc1C)C(=O)O. The van der Waals surface area contributed by atoms with Crippen molar-refractivity contribution in [2.75, 3.05) is 18.6 Å². The maximum absolute atomic E-state index is 13.3. The summed E-state index contributed by atoms with van der Waals surface area (Å²) in [6.07, 6.45) is 10.6. The lowest BCUT2D eigenvalue weighted by Crippen LogP contribution is -2.41. The summed E-state index contributed by atoms with van der Waals surface area (Å²) < 4.78 is 0. The van der Waals surface area contributed by atoms with Crippen LogP contribution in [-0.2, 0) is 11.3 Å². The van der Waals surface area contributed by atoms with Crippen LogP contribution in [0.15, 0.2) is 42.5 Å². The Morgan fingerprint density at radius 2 is 1.81 bits per heavy atom. The third-order valence-corrected chi connectivity index (χ3v) is 8.04. The first kappa shape index (κ1) is 29.2. The highest BCUT2D eigenvalue weighted by atomic mass is 32.2. The zero-order valence-corrected chi connectivity index (χ0v) is 23.0. The smallest absolute Gasteiger partial charge is 0.326 e. The minimum absolute atomic E-state index is 0.166. The number of carbonyl (C=O) groups excluding carboxylic acids is 1. The lowest BCUT2D eigenvalue weighted by atomic mass is 9.84. The minimum Gasteiger partial charge on any atom is -0.480 e. The number of carboxylic acids is 1. The Morgan fingerprint density at radius 3 is 2.49 bits per heavy atom. The van der Waals surface area contributed by atoms with Gasteiger partial charge in [-0.05, 0) is 78.5 Å². The topological polar surface area (TPSA) is 98.7 Å². The van der Waals surface area contributed by atoms with Crippen LogP contribution in [0.25, 0.3) is 11.1 Å². The van der Waals surface area contributed by atoms with E-state index in [2.05, 4.69) is 10.6 Å². The zero-order valence-electron chi connectivity index (χ0n) is 22.2. The van der Waals surface area contributed by atoms with Crippen LogP contribution >= 0.6 is 11.8 Å². The molecule has 0 heterocycles. The van der Waals surface area contributed by atoms with E-state index < -0.39 is 12.0 Å². The second kappa shape index (κ2) is 15.2. The fraction of sp³-hybridized carbons (Fsp3) is 0.533. The van der Waals surface area contributed by atoms with Crippen molar-refractivity contribution in [3.63, 3.8) is 0 Å². The number of hydrogen-bond donors (Lipinski definition) is 4. The first-order valence-corrected chi connectivity index (χ1v) is 14.9. The van der Waals surface area contributed by atoms with Crippen LogP contribution in [0, 0.1) is 12.8 Å². The van der Waals surface area contributed by atoms with Crippen molar-refractivity contribution in [3.05, 3.63) is 59.2 Å². The number of nitrogens with one attached hydrogen (secondary N) is 2. The number of thioether (sulfide) groups is 1. The summed E-state index contributed by atoms with van der Waals surface area (Å²) in [5.74, 6) is -0.0162. The molecule has 1 amide bonds. The van der Waals surface area contributed by atoms with Gasteiger partial charge in [0.15, 0.2) is 0 Å². The monoisotopic (exact) mass is 526 g/mol. The van der Waals surface area contributed by atoms with E-state index in [0.717, 1.165) is 41.0 Å². The summed E-state index contributed by atoms with van der Waals surface area (Å²) in [6.45, 7) is 2.82. The molecule has 0 radical (unpaired) electrons. The average molecular weight is 527 g/mol. The molecular weight excluding hydrogens is 484 g/mol. The molecule has 4 N–H and O–H groups in total. The van der Waals surface area contributed by atoms with Gasteiger partial charge in [0.2, 0.25) is 0 Å². The van der Waals surface area contributed by atoms with Crippen molar-refractivity contribution in [2.45, 2.75) is 76.9 Å². The van der Waals surface area contributed by atoms with Crippen molar-refractivity contribution in [1.29, 1.82) is 0 Å². The van der Waals surface area contributed by atoms with Crippen LogP contribution in [0.4, 0.5) is 0 Å². The van der Waals surface area contributed by atoms with Crippen LogP contribution in [-0.4, -0.2) is 52.8 Å². The van der Waals surface area contributed by atoms with Gasteiger partial charge in [0.05, 0.1) is 0 Å². The van der Waals surface area contributed by atoms with Crippen LogP contribution in [0.2, 0.25) is 0 Å². The Kier molecular flexibility index (Phi) is 12.0. The van der Waals surface area contributed by atoms with E-state index in [1.54, 1.807) is 11.8 Å². The largest absolute Gasteiger partial charge is 0.480 e. The van der Waals surface area contributed by atoms with Gasteiger partial charge in [-0.1, -0.05) is 62.4 Å². The van der Waals surface area contributed by atoms with Gasteiger partial charge in [-0.3, -0.25) is 4.79 Å². The molecule has 0 unspecified atom stereocenters. The van der Waals surface area contributed by atoms with E-state index in [4.69, 9.17) is 0 Å². The van der Waals surface area contributed by atoms with Gasteiger partial charge < -0.3 is 20.8 Å². The third kappa shape index (κ3) is 8.87. The van der Waals surface area contributed by atoms with Crippen LogP contribution in [0.3, 0.4) is 0 Å². The summed E-state index contributed by atoms with van der Waals surface area (Å²) in [6, 6.07) is 13.1. The third-order valence-electron chi connectivity index (χ3n) is 7.39. The van der Waals surface area contributed by atoms with Gasteiger partial charge in [0.25, 0.3) is 5.91 Å². The number of aliphatic hydroxyl groups is 1. The maximum Gasteiger partial charge on any atom is 0.326 e. The van der Waals surface area contributed by atoms with Crippen molar-refractivity contribution in [3.8, 4) is 11.1 Å². The Hall–Kier alpha value is -2.35. The lowest BCUT2D eigenvalue weighted by molar-refractivity contribution is -0.139. The highest BCUT2D eigenvalue weighted by molar-refractivity contribution is 7.98. The fourth-order valence-corrected chi connectivity index (χ4v) is 5.74. The summed E-state index contributed by atoms with van der Waals surface area (Å²) in [7, 11) is 0. The minimum atomic E-state index is -1.02. The van der Waals surface area contributed by atoms with Gasteiger partial charge in [-0.2, -0.15) is 11.8 Å². The van der Waals surface area contributed by atoms with E-state index >= 15 is 0 Å². The molecule has 2 aromatic rings. The summed E-state index contributed by atoms with van der Waals surface area (Å²) in [5, 5.41) is 25.6. The number of rotatable bonds is 14. The molecule has 1 aliphatic rings. The second-order valence-electron chi connectivity index (χ2n) is 10.2. The normalized spacial score (nSPS) is 15.8. The molecular formula is C30H42N2O4S. The van der Waals surface area contributed by atoms with E-state index in [0.29, 0.717) is 24.3 Å². The standard InChI is InChI=1S/C30H42N2O4S/c1-21-8-6-7-11-25(21)27-19-23(20-31-24(14-16-33)18-22-9-4-3-5-10-22)12-13-26(27)29(34)32-28(30(35)36)15-17-37-2/h6-8,11-13,19,22,24,28,31,33H,3-5,9-10,14-18,20H2,1-2H3,(H,32,34)(H,35,36)/t24-,28+/m1/s1. The number of carbonyl (C=O) groups is 2. The van der Waals surface area contributed by atoms with E-state index in [-0.39, 0.29) is 18.6 Å². The van der Waals surface area contributed by atoms with Crippen LogP contribution in [0.1, 0.15) is 72.9 Å². The predicted molar refractivity (Wildman–Crippen MR) is 152 cm³/mol. The number of aliphatic hydroxyl groups excluding tert-OH is 1. The average Bonchev–Trinajstić information content (AvgIpc) is 2.90. The van der Waals surface area contributed by atoms with E-state index in [9.17, 15) is 19.8 Å². The Morgan fingerprint density at radius 1 is 1.05 bits per heavy atom. The number of hydrogen-bond acceptors (Lipinski definition) is 5. The molecule has 0 aliphatic heterocycles. The molecule has 3 rings (SSSR count). The molecule has 7 heteroatoms. The number of aryl methyl sites for hydroxylation is 1. The highest BCUT2D eigenvalue weighted by Crippen LogP contribution is 2.30. The molecule has 0 spiro atoms. The van der Waals surface area contributed by atoms with Gasteiger partial charge >= 0.3 is 5.97 Å². The molecule has 6 nitrogen and oxygen atoms in total. The number of aliphatic carboxylic acids is 1. The quantitative estimate of drug-likeness (QED) is 0.263. The van der Waals surface area contributed by atoms with Gasteiger partial charge in [-0.15, -0.1) is 0 Å². The predicted octanol–water partition coefficient (Wildman–Crippen LogP) is 5.41. The molecule has 0 bridgehead atoms. The van der Waals surface area contributed by atoms with Crippen molar-refractivity contribution < 1.29 is 19.8 Å². The van der Waals surface area contributed by atoms with Crippen molar-refractivity contribution >= 4 is 23.6 Å². The van der Waals surface area contributed by atoms with E-state index in [1.807, 2.05) is 55.6 Å². The zero-order chi connectivity index (χ0) is 26.6. The molecule has 1 aliphatic carbocycles. The fourth-order valence-electron chi connectivity index (χ4n) is 5.27. The summed E-state index contributed by atoms with van der Waals surface area (Å²) in [4.78, 5) is 25.0. The van der Waals surface area contributed by atoms with Gasteiger partial charge in [-0.25, -0.2) is 4.79 Å². The maximum atomic E-state index is 13.3. The molecule has 0 saturated heterocycles. The number of amides is 1. The molecule has 2 atom stereocenters. The molecule has 37 heavy (non-hydrogen) atoms. The first-order chi connectivity index (χ1) is 17.9. The second-order valence-corrected chi connectivity index (χ2v) is 11.2. The van der Waals surface area contributed by atoms with Gasteiger partial charge in [0.1, 0.15) is 6.04 Å². The Bertz CT molecular complexity index is 1020. The Labute approximate surface area is 225 Å². The molecule has 202 valence electrons. The first-order valence-electron chi connectivity index (χ1n) is 13.5. The van der Waals surface area contributed by atoms with Crippen LogP contribution < -0.4 is 10.6 Å². The summed E-state index contributed by atoms with van der Waals surface area (Å²) >= 11 is 1.56. The molecule has 1 saturated carbocycles.